The van der Waals surface area contributed by atoms with E-state index in [4.69, 9.17) is 0 Å². The Morgan fingerprint density at radius 1 is 1.12 bits per heavy atom. The lowest BCUT2D eigenvalue weighted by Gasteiger charge is -1.95. The summed E-state index contributed by atoms with van der Waals surface area (Å²) in [7, 11) is 0. The SMILES string of the molecule is O=C(c1csc(Br)c1)c1csc2ccccc12. The average molecular weight is 323 g/mol. The molecule has 0 saturated heterocycles. The molecule has 0 aliphatic rings. The lowest BCUT2D eigenvalue weighted by molar-refractivity contribution is 0.104. The van der Waals surface area contributed by atoms with Gasteiger partial charge in [-0.1, -0.05) is 18.2 Å². The second-order valence-corrected chi connectivity index (χ2v) is 6.82. The second-order valence-electron chi connectivity index (χ2n) is 3.61. The zero-order valence-electron chi connectivity index (χ0n) is 8.64. The summed E-state index contributed by atoms with van der Waals surface area (Å²) in [6.07, 6.45) is 0. The van der Waals surface area contributed by atoms with E-state index in [-0.39, 0.29) is 5.78 Å². The van der Waals surface area contributed by atoms with Crippen LogP contribution >= 0.6 is 38.6 Å². The third-order valence-corrected chi connectivity index (χ3v) is 5.02. The highest BCUT2D eigenvalue weighted by molar-refractivity contribution is 9.11. The van der Waals surface area contributed by atoms with Crippen molar-refractivity contribution < 1.29 is 4.79 Å². The van der Waals surface area contributed by atoms with Gasteiger partial charge in [0.05, 0.1) is 3.79 Å². The lowest BCUT2D eigenvalue weighted by atomic mass is 10.1. The van der Waals surface area contributed by atoms with Gasteiger partial charge in [0.1, 0.15) is 0 Å². The molecule has 2 heterocycles. The number of carbonyl (C=O) groups excluding carboxylic acids is 1. The fourth-order valence-corrected chi connectivity index (χ4v) is 3.82. The molecule has 3 rings (SSSR count). The zero-order valence-corrected chi connectivity index (χ0v) is 11.9. The molecule has 0 N–H and O–H groups in total. The minimum atomic E-state index is 0.101. The van der Waals surface area contributed by atoms with Crippen LogP contribution in [0, 0.1) is 0 Å². The first kappa shape index (κ1) is 11.1. The molecule has 0 aliphatic carbocycles. The summed E-state index contributed by atoms with van der Waals surface area (Å²) >= 11 is 6.53. The van der Waals surface area contributed by atoms with E-state index >= 15 is 0 Å². The molecular weight excluding hydrogens is 316 g/mol. The van der Waals surface area contributed by atoms with Crippen molar-refractivity contribution in [3.05, 3.63) is 56.0 Å². The quantitative estimate of drug-likeness (QED) is 0.610. The van der Waals surface area contributed by atoms with E-state index < -0.39 is 0 Å². The predicted molar refractivity (Wildman–Crippen MR) is 77.3 cm³/mol. The van der Waals surface area contributed by atoms with Crippen LogP contribution < -0.4 is 0 Å². The maximum atomic E-state index is 12.3. The van der Waals surface area contributed by atoms with Crippen LogP contribution in [0.5, 0.6) is 0 Å². The standard InChI is InChI=1S/C13H7BrOS2/c14-12-5-8(6-17-12)13(15)10-7-16-11-4-2-1-3-9(10)11/h1-7H. The van der Waals surface area contributed by atoms with Crippen molar-refractivity contribution in [2.45, 2.75) is 0 Å². The highest BCUT2D eigenvalue weighted by Crippen LogP contribution is 2.29. The molecule has 1 aromatic carbocycles. The van der Waals surface area contributed by atoms with E-state index in [9.17, 15) is 4.79 Å². The van der Waals surface area contributed by atoms with Crippen molar-refractivity contribution in [1.82, 2.24) is 0 Å². The number of hydrogen-bond acceptors (Lipinski definition) is 3. The normalized spacial score (nSPS) is 10.9. The zero-order chi connectivity index (χ0) is 11.8. The first-order valence-corrected chi connectivity index (χ1v) is 7.56. The molecule has 2 aromatic heterocycles. The summed E-state index contributed by atoms with van der Waals surface area (Å²) < 4.78 is 2.14. The number of fused-ring (bicyclic) bond motifs is 1. The molecule has 0 radical (unpaired) electrons. The molecule has 0 unspecified atom stereocenters. The Labute approximate surface area is 115 Å². The van der Waals surface area contributed by atoms with Crippen LogP contribution in [-0.2, 0) is 0 Å². The maximum absolute atomic E-state index is 12.3. The number of carbonyl (C=O) groups is 1. The predicted octanol–water partition coefficient (Wildman–Crippen LogP) is 4.96. The molecule has 3 aromatic rings. The van der Waals surface area contributed by atoms with E-state index in [1.165, 1.54) is 11.3 Å². The molecule has 0 spiro atoms. The summed E-state index contributed by atoms with van der Waals surface area (Å²) in [5.41, 5.74) is 1.56. The molecule has 1 nitrogen and oxygen atoms in total. The topological polar surface area (TPSA) is 17.1 Å². The molecule has 0 fully saturated rings. The van der Waals surface area contributed by atoms with E-state index in [0.29, 0.717) is 0 Å². The number of halogens is 1. The summed E-state index contributed by atoms with van der Waals surface area (Å²) in [4.78, 5) is 12.3. The molecule has 0 aliphatic heterocycles. The monoisotopic (exact) mass is 322 g/mol. The number of ketones is 1. The van der Waals surface area contributed by atoms with Crippen LogP contribution in [0.25, 0.3) is 10.1 Å². The van der Waals surface area contributed by atoms with Crippen molar-refractivity contribution in [2.75, 3.05) is 0 Å². The first-order valence-electron chi connectivity index (χ1n) is 5.00. The number of hydrogen-bond donors (Lipinski definition) is 0. The van der Waals surface area contributed by atoms with E-state index in [0.717, 1.165) is 25.0 Å². The number of rotatable bonds is 2. The van der Waals surface area contributed by atoms with E-state index in [2.05, 4.69) is 15.9 Å². The molecule has 0 amide bonds. The van der Waals surface area contributed by atoms with Gasteiger partial charge in [-0.15, -0.1) is 22.7 Å². The Morgan fingerprint density at radius 3 is 2.71 bits per heavy atom. The van der Waals surface area contributed by atoms with E-state index in [1.54, 1.807) is 11.3 Å². The van der Waals surface area contributed by atoms with Gasteiger partial charge >= 0.3 is 0 Å². The fourth-order valence-electron chi connectivity index (χ4n) is 1.74. The maximum Gasteiger partial charge on any atom is 0.195 e. The minimum absolute atomic E-state index is 0.101. The van der Waals surface area contributed by atoms with Crippen molar-refractivity contribution in [3.63, 3.8) is 0 Å². The number of benzene rings is 1. The van der Waals surface area contributed by atoms with Crippen LogP contribution in [0.4, 0.5) is 0 Å². The Hall–Kier alpha value is -0.970. The molecular formula is C13H7BrOS2. The van der Waals surface area contributed by atoms with Crippen molar-refractivity contribution in [2.24, 2.45) is 0 Å². The van der Waals surface area contributed by atoms with Crippen LogP contribution in [-0.4, -0.2) is 5.78 Å². The Morgan fingerprint density at radius 2 is 1.94 bits per heavy atom. The van der Waals surface area contributed by atoms with Gasteiger partial charge in [0.2, 0.25) is 0 Å². The lowest BCUT2D eigenvalue weighted by Crippen LogP contribution is -1.97. The van der Waals surface area contributed by atoms with Crippen LogP contribution in [0.3, 0.4) is 0 Å². The molecule has 17 heavy (non-hydrogen) atoms. The third-order valence-electron chi connectivity index (χ3n) is 2.56. The van der Waals surface area contributed by atoms with Crippen molar-refractivity contribution >= 4 is 54.5 Å². The van der Waals surface area contributed by atoms with Crippen molar-refractivity contribution in [1.29, 1.82) is 0 Å². The first-order chi connectivity index (χ1) is 8.25. The number of thiophene rings is 2. The molecule has 0 atom stereocenters. The summed E-state index contributed by atoms with van der Waals surface area (Å²) in [6.45, 7) is 0. The minimum Gasteiger partial charge on any atom is -0.289 e. The highest BCUT2D eigenvalue weighted by atomic mass is 79.9. The smallest absolute Gasteiger partial charge is 0.195 e. The molecule has 0 saturated carbocycles. The average Bonchev–Trinajstić information content (AvgIpc) is 2.94. The van der Waals surface area contributed by atoms with Crippen LogP contribution in [0.1, 0.15) is 15.9 Å². The fraction of sp³-hybridized carbons (Fsp3) is 0. The van der Waals surface area contributed by atoms with Gasteiger partial charge in [0.25, 0.3) is 0 Å². The van der Waals surface area contributed by atoms with Gasteiger partial charge in [-0.3, -0.25) is 4.79 Å². The Balaban J connectivity index is 2.13. The van der Waals surface area contributed by atoms with Crippen LogP contribution in [0.15, 0.2) is 44.9 Å². The van der Waals surface area contributed by atoms with Gasteiger partial charge in [-0.25, -0.2) is 0 Å². The Kier molecular flexibility index (Phi) is 2.86. The summed E-state index contributed by atoms with van der Waals surface area (Å²) in [5.74, 6) is 0.101. The summed E-state index contributed by atoms with van der Waals surface area (Å²) in [5, 5.41) is 4.88. The van der Waals surface area contributed by atoms with E-state index in [1.807, 2.05) is 41.1 Å². The second kappa shape index (κ2) is 4.37. The van der Waals surface area contributed by atoms with Gasteiger partial charge in [-0.2, -0.15) is 0 Å². The van der Waals surface area contributed by atoms with Gasteiger partial charge < -0.3 is 0 Å². The largest absolute Gasteiger partial charge is 0.289 e. The summed E-state index contributed by atoms with van der Waals surface area (Å²) in [6, 6.07) is 9.88. The molecule has 84 valence electrons. The van der Waals surface area contributed by atoms with Crippen molar-refractivity contribution in [3.8, 4) is 0 Å². The third kappa shape index (κ3) is 1.97. The van der Waals surface area contributed by atoms with Crippen LogP contribution in [0.2, 0.25) is 0 Å². The molecule has 0 bridgehead atoms. The van der Waals surface area contributed by atoms with Gasteiger partial charge in [-0.05, 0) is 28.1 Å². The molecule has 4 heteroatoms. The Bertz CT molecular complexity index is 696. The van der Waals surface area contributed by atoms with Gasteiger partial charge in [0.15, 0.2) is 5.78 Å². The highest BCUT2D eigenvalue weighted by Gasteiger charge is 2.15. The van der Waals surface area contributed by atoms with Gasteiger partial charge in [0, 0.05) is 32.0 Å².